The molecule has 0 aromatic carbocycles. The van der Waals surface area contributed by atoms with Crippen molar-refractivity contribution in [2.45, 2.75) is 32.1 Å². The van der Waals surface area contributed by atoms with Gasteiger partial charge in [-0.05, 0) is 55.0 Å². The van der Waals surface area contributed by atoms with Gasteiger partial charge in [-0.2, -0.15) is 0 Å². The van der Waals surface area contributed by atoms with E-state index in [1.54, 1.807) is 23.9 Å². The van der Waals surface area contributed by atoms with Crippen LogP contribution in [0.5, 0.6) is 0 Å². The molecule has 1 saturated heterocycles. The number of carbonyl (C=O) groups excluding carboxylic acids is 2. The maximum absolute atomic E-state index is 12.5. The van der Waals surface area contributed by atoms with Gasteiger partial charge in [0.25, 0.3) is 0 Å². The van der Waals surface area contributed by atoms with Gasteiger partial charge in [0.2, 0.25) is 11.8 Å². The van der Waals surface area contributed by atoms with E-state index in [0.29, 0.717) is 25.3 Å². The van der Waals surface area contributed by atoms with E-state index < -0.39 is 0 Å². The smallest absolute Gasteiger partial charge is 0.246 e. The Morgan fingerprint density at radius 1 is 1.21 bits per heavy atom. The lowest BCUT2D eigenvalue weighted by molar-refractivity contribution is -0.126. The number of pyridine rings is 1. The van der Waals surface area contributed by atoms with E-state index in [2.05, 4.69) is 26.6 Å². The fourth-order valence-corrected chi connectivity index (χ4v) is 3.94. The Morgan fingerprint density at radius 3 is 2.86 bits per heavy atom. The van der Waals surface area contributed by atoms with Gasteiger partial charge in [-0.15, -0.1) is 21.5 Å². The third-order valence-corrected chi connectivity index (χ3v) is 5.58. The normalized spacial score (nSPS) is 17.2. The van der Waals surface area contributed by atoms with Crippen molar-refractivity contribution in [1.29, 1.82) is 0 Å². The van der Waals surface area contributed by atoms with Crippen LogP contribution in [0.4, 0.5) is 5.82 Å². The summed E-state index contributed by atoms with van der Waals surface area (Å²) in [5.41, 5.74) is 4.92. The minimum absolute atomic E-state index is 0.00867. The summed E-state index contributed by atoms with van der Waals surface area (Å²) in [6.45, 7) is 1.42. The second-order valence-electron chi connectivity index (χ2n) is 6.92. The summed E-state index contributed by atoms with van der Waals surface area (Å²) in [4.78, 5) is 30.3. The molecule has 8 heteroatoms. The van der Waals surface area contributed by atoms with Crippen molar-refractivity contribution in [2.75, 3.05) is 18.4 Å². The molecular formula is C20H21N5O2S. The summed E-state index contributed by atoms with van der Waals surface area (Å²) in [7, 11) is 0. The van der Waals surface area contributed by atoms with E-state index in [-0.39, 0.29) is 11.8 Å². The van der Waals surface area contributed by atoms with Crippen LogP contribution in [0.2, 0.25) is 0 Å². The summed E-state index contributed by atoms with van der Waals surface area (Å²) in [5.74, 6) is 0.657. The van der Waals surface area contributed by atoms with Crippen LogP contribution in [0.1, 0.15) is 41.8 Å². The number of likely N-dealkylation sites (tertiary alicyclic amines) is 1. The van der Waals surface area contributed by atoms with E-state index >= 15 is 0 Å². The molecule has 4 heterocycles. The van der Waals surface area contributed by atoms with E-state index in [0.717, 1.165) is 41.8 Å². The molecule has 7 nitrogen and oxygen atoms in total. The number of aromatic nitrogens is 3. The lowest BCUT2D eigenvalue weighted by Crippen LogP contribution is -2.35. The minimum Gasteiger partial charge on any atom is -0.339 e. The zero-order valence-corrected chi connectivity index (χ0v) is 16.2. The van der Waals surface area contributed by atoms with Crippen molar-refractivity contribution < 1.29 is 9.59 Å². The summed E-state index contributed by atoms with van der Waals surface area (Å²) in [5, 5.41) is 11.6. The molecule has 0 aliphatic carbocycles. The van der Waals surface area contributed by atoms with Gasteiger partial charge < -0.3 is 10.2 Å². The van der Waals surface area contributed by atoms with Crippen LogP contribution in [-0.2, 0) is 16.0 Å². The van der Waals surface area contributed by atoms with Crippen LogP contribution >= 0.6 is 11.3 Å². The molecule has 0 bridgehead atoms. The highest BCUT2D eigenvalue weighted by molar-refractivity contribution is 7.10. The van der Waals surface area contributed by atoms with Crippen molar-refractivity contribution in [2.24, 2.45) is 0 Å². The molecule has 2 aromatic heterocycles. The third-order valence-electron chi connectivity index (χ3n) is 4.94. The Morgan fingerprint density at radius 2 is 2.07 bits per heavy atom. The number of nitrogens with one attached hydrogen (secondary N) is 1. The third kappa shape index (κ3) is 4.51. The van der Waals surface area contributed by atoms with Crippen molar-refractivity contribution in [1.82, 2.24) is 20.1 Å². The highest BCUT2D eigenvalue weighted by Crippen LogP contribution is 2.22. The number of piperidine rings is 1. The molecule has 0 saturated carbocycles. The van der Waals surface area contributed by atoms with Gasteiger partial charge in [-0.25, -0.2) is 4.98 Å². The van der Waals surface area contributed by atoms with Gasteiger partial charge >= 0.3 is 0 Å². The zero-order chi connectivity index (χ0) is 19.3. The van der Waals surface area contributed by atoms with Crippen LogP contribution < -0.4 is 5.32 Å². The van der Waals surface area contributed by atoms with Gasteiger partial charge in [-0.3, -0.25) is 9.59 Å². The fraction of sp³-hybridized carbons (Fsp3) is 0.350. The minimum atomic E-state index is 0.00867. The van der Waals surface area contributed by atoms with Gasteiger partial charge in [0.15, 0.2) is 0 Å². The molecule has 144 valence electrons. The first kappa shape index (κ1) is 18.5. The summed E-state index contributed by atoms with van der Waals surface area (Å²) >= 11 is 1.52. The lowest BCUT2D eigenvalue weighted by Gasteiger charge is -2.27. The van der Waals surface area contributed by atoms with E-state index in [9.17, 15) is 9.59 Å². The average molecular weight is 395 g/mol. The van der Waals surface area contributed by atoms with E-state index in [1.807, 2.05) is 11.0 Å². The maximum Gasteiger partial charge on any atom is 0.246 e. The topological polar surface area (TPSA) is 88.1 Å². The largest absolute Gasteiger partial charge is 0.339 e. The number of carbonyl (C=O) groups is 2. The molecule has 4 rings (SSSR count). The van der Waals surface area contributed by atoms with Crippen molar-refractivity contribution >= 4 is 41.1 Å². The molecular weight excluding hydrogens is 374 g/mol. The van der Waals surface area contributed by atoms with Crippen molar-refractivity contribution in [3.63, 3.8) is 0 Å². The summed E-state index contributed by atoms with van der Waals surface area (Å²) in [6.07, 6.45) is 11.0. The molecule has 2 aliphatic rings. The number of fused-ring (bicyclic) bond motifs is 1. The van der Waals surface area contributed by atoms with Crippen LogP contribution in [-0.4, -0.2) is 45.0 Å². The lowest BCUT2D eigenvalue weighted by atomic mass is 10.0. The first-order valence-corrected chi connectivity index (χ1v) is 10.3. The Bertz CT molecular complexity index is 926. The number of anilines is 1. The van der Waals surface area contributed by atoms with Gasteiger partial charge in [0.1, 0.15) is 16.3 Å². The fourth-order valence-electron chi connectivity index (χ4n) is 3.41. The van der Waals surface area contributed by atoms with E-state index in [1.165, 1.54) is 16.9 Å². The molecule has 28 heavy (non-hydrogen) atoms. The number of hydrogen-bond acceptors (Lipinski definition) is 6. The summed E-state index contributed by atoms with van der Waals surface area (Å²) in [6, 6.07) is 2.00. The second kappa shape index (κ2) is 8.43. The number of amides is 2. The monoisotopic (exact) mass is 395 g/mol. The maximum atomic E-state index is 12.5. The van der Waals surface area contributed by atoms with E-state index in [4.69, 9.17) is 0 Å². The number of nitrogens with zero attached hydrogens (tertiary/aromatic N) is 4. The first-order chi connectivity index (χ1) is 13.7. The number of rotatable bonds is 3. The molecule has 2 amide bonds. The molecule has 2 aliphatic heterocycles. The molecule has 0 spiro atoms. The Labute approximate surface area is 167 Å². The number of aryl methyl sites for hydroxylation is 1. The van der Waals surface area contributed by atoms with Crippen LogP contribution in [0.15, 0.2) is 29.4 Å². The molecule has 1 N–H and O–H groups in total. The molecule has 1 fully saturated rings. The van der Waals surface area contributed by atoms with Crippen molar-refractivity contribution in [3.05, 3.63) is 45.6 Å². The Balaban J connectivity index is 1.36. The van der Waals surface area contributed by atoms with Crippen LogP contribution in [0.25, 0.3) is 12.2 Å². The SMILES string of the molecule is O=C1CCCc2cc(C=CC(=O)N3CCC(=Cc4nncs4)CC3)cnc2N1. The standard InChI is InChI=1S/C20H21N5O2S/c26-17-3-1-2-16-10-15(12-21-20(16)23-17)4-5-19(27)25-8-6-14(7-9-25)11-18-24-22-13-28-18/h4-5,10-13H,1-3,6-9H2,(H,21,23,26). The Hall–Kier alpha value is -2.87. The van der Waals surface area contributed by atoms with Crippen LogP contribution in [0.3, 0.4) is 0 Å². The van der Waals surface area contributed by atoms with Gasteiger partial charge in [-0.1, -0.05) is 5.57 Å². The second-order valence-corrected chi connectivity index (χ2v) is 7.78. The highest BCUT2D eigenvalue weighted by Gasteiger charge is 2.18. The molecule has 0 unspecified atom stereocenters. The summed E-state index contributed by atoms with van der Waals surface area (Å²) < 4.78 is 0. The molecule has 0 atom stereocenters. The van der Waals surface area contributed by atoms with Gasteiger partial charge in [0, 0.05) is 31.8 Å². The predicted molar refractivity (Wildman–Crippen MR) is 109 cm³/mol. The predicted octanol–water partition coefficient (Wildman–Crippen LogP) is 2.93. The van der Waals surface area contributed by atoms with Crippen molar-refractivity contribution in [3.8, 4) is 0 Å². The Kier molecular flexibility index (Phi) is 5.57. The number of hydrogen-bond donors (Lipinski definition) is 1. The van der Waals surface area contributed by atoms with Crippen LogP contribution in [0, 0.1) is 0 Å². The molecule has 0 radical (unpaired) electrons. The first-order valence-electron chi connectivity index (χ1n) is 9.39. The van der Waals surface area contributed by atoms with Gasteiger partial charge in [0.05, 0.1) is 0 Å². The highest BCUT2D eigenvalue weighted by atomic mass is 32.1. The average Bonchev–Trinajstić information content (AvgIpc) is 3.14. The quantitative estimate of drug-likeness (QED) is 0.808. The zero-order valence-electron chi connectivity index (χ0n) is 15.4. The molecule has 2 aromatic rings.